The van der Waals surface area contributed by atoms with Crippen LogP contribution in [0.25, 0.3) is 0 Å². The third kappa shape index (κ3) is 6.32. The number of halogens is 1. The number of hydrogen-bond donors (Lipinski definition) is 1. The molecule has 6 nitrogen and oxygen atoms in total. The summed E-state index contributed by atoms with van der Waals surface area (Å²) in [7, 11) is -3.96. The molecule has 0 spiro atoms. The number of aliphatic hydroxyl groups excluding tert-OH is 1. The first-order chi connectivity index (χ1) is 15.3. The molecule has 1 N–H and O–H groups in total. The molecule has 0 bridgehead atoms. The van der Waals surface area contributed by atoms with Gasteiger partial charge in [0, 0.05) is 6.54 Å². The van der Waals surface area contributed by atoms with Crippen LogP contribution in [0.4, 0.5) is 0 Å². The van der Waals surface area contributed by atoms with Crippen molar-refractivity contribution >= 4 is 27.6 Å². The molecule has 1 amide bonds. The highest BCUT2D eigenvalue weighted by molar-refractivity contribution is 7.87. The zero-order chi connectivity index (χ0) is 23.1. The van der Waals surface area contributed by atoms with Gasteiger partial charge in [0.15, 0.2) is 0 Å². The van der Waals surface area contributed by atoms with Crippen LogP contribution in [0.2, 0.25) is 0 Å². The van der Waals surface area contributed by atoms with Crippen molar-refractivity contribution in [3.63, 3.8) is 0 Å². The van der Waals surface area contributed by atoms with E-state index in [1.807, 2.05) is 37.3 Å². The summed E-state index contributed by atoms with van der Waals surface area (Å²) in [6, 6.07) is 21.8. The fourth-order valence-electron chi connectivity index (χ4n) is 3.08. The van der Waals surface area contributed by atoms with E-state index in [1.54, 1.807) is 24.3 Å². The Balaban J connectivity index is 1.68. The van der Waals surface area contributed by atoms with E-state index < -0.39 is 16.2 Å². The van der Waals surface area contributed by atoms with Crippen LogP contribution in [-0.2, 0) is 21.5 Å². The average molecular weight is 474 g/mol. The van der Waals surface area contributed by atoms with Crippen molar-refractivity contribution in [3.05, 3.63) is 95.6 Å². The number of nitrogens with zero attached hydrogens (tertiary/aromatic N) is 1. The fraction of sp³-hybridized carbons (Fsp3) is 0.208. The number of aliphatic hydroxyl groups is 1. The van der Waals surface area contributed by atoms with E-state index in [4.69, 9.17) is 15.8 Å². The molecule has 3 aromatic rings. The van der Waals surface area contributed by atoms with Gasteiger partial charge in [-0.1, -0.05) is 60.2 Å². The molecule has 0 aliphatic rings. The zero-order valence-electron chi connectivity index (χ0n) is 17.5. The number of aryl methyl sites for hydroxylation is 1. The maximum atomic E-state index is 12.4. The zero-order valence-corrected chi connectivity index (χ0v) is 19.1. The van der Waals surface area contributed by atoms with Gasteiger partial charge in [-0.25, -0.2) is 0 Å². The van der Waals surface area contributed by atoms with E-state index in [2.05, 4.69) is 0 Å². The van der Waals surface area contributed by atoms with E-state index in [0.29, 0.717) is 12.1 Å². The third-order valence-corrected chi connectivity index (χ3v) is 6.35. The summed E-state index contributed by atoms with van der Waals surface area (Å²) >= 11 is 5.74. The molecule has 0 saturated heterocycles. The molecule has 0 heterocycles. The summed E-state index contributed by atoms with van der Waals surface area (Å²) in [5, 5.41) is 10.6. The Kier molecular flexibility index (Phi) is 7.90. The standard InChI is InChI=1S/C24H24ClNO5S/c1-18-7-13-22(14-8-18)32(29,30)31-21-11-9-20(10-12-21)23(27)17-26(24(28)15-25)16-19-5-3-2-4-6-19/h2-14,23,27H,15-17H2,1H3/t23-/m0/s1. The molecule has 32 heavy (non-hydrogen) atoms. The monoisotopic (exact) mass is 473 g/mol. The Morgan fingerprint density at radius 2 is 1.62 bits per heavy atom. The van der Waals surface area contributed by atoms with Gasteiger partial charge in [0.1, 0.15) is 16.5 Å². The van der Waals surface area contributed by atoms with Crippen molar-refractivity contribution in [1.29, 1.82) is 0 Å². The van der Waals surface area contributed by atoms with Gasteiger partial charge in [-0.3, -0.25) is 4.79 Å². The molecule has 3 rings (SSSR count). The Morgan fingerprint density at radius 3 is 2.22 bits per heavy atom. The smallest absolute Gasteiger partial charge is 0.339 e. The second-order valence-corrected chi connectivity index (χ2v) is 9.14. The van der Waals surface area contributed by atoms with E-state index >= 15 is 0 Å². The number of amides is 1. The van der Waals surface area contributed by atoms with Crippen LogP contribution in [0.15, 0.2) is 83.8 Å². The Labute approximate surface area is 193 Å². The van der Waals surface area contributed by atoms with Gasteiger partial charge in [-0.2, -0.15) is 8.42 Å². The summed E-state index contributed by atoms with van der Waals surface area (Å²) in [5.74, 6) is -0.360. The van der Waals surface area contributed by atoms with Crippen molar-refractivity contribution in [3.8, 4) is 5.75 Å². The Morgan fingerprint density at radius 1 is 1.00 bits per heavy atom. The number of carbonyl (C=O) groups excluding carboxylic acids is 1. The van der Waals surface area contributed by atoms with Crippen molar-refractivity contribution in [2.75, 3.05) is 12.4 Å². The molecule has 0 fully saturated rings. The second-order valence-electron chi connectivity index (χ2n) is 7.33. The van der Waals surface area contributed by atoms with Crippen LogP contribution in [-0.4, -0.2) is 36.8 Å². The molecule has 0 aliphatic heterocycles. The molecular formula is C24H24ClNO5S. The second kappa shape index (κ2) is 10.6. The van der Waals surface area contributed by atoms with Gasteiger partial charge in [0.25, 0.3) is 0 Å². The lowest BCUT2D eigenvalue weighted by molar-refractivity contribution is -0.130. The molecule has 3 aromatic carbocycles. The predicted molar refractivity (Wildman–Crippen MR) is 123 cm³/mol. The first-order valence-electron chi connectivity index (χ1n) is 9.95. The lowest BCUT2D eigenvalue weighted by Gasteiger charge is -2.25. The maximum absolute atomic E-state index is 12.4. The van der Waals surface area contributed by atoms with Crippen molar-refractivity contribution in [1.82, 2.24) is 4.90 Å². The SMILES string of the molecule is Cc1ccc(S(=O)(=O)Oc2ccc([C@@H](O)CN(Cc3ccccc3)C(=O)CCl)cc2)cc1. The minimum Gasteiger partial charge on any atom is -0.387 e. The summed E-state index contributed by atoms with van der Waals surface area (Å²) < 4.78 is 30.0. The Bertz CT molecular complexity index is 1130. The van der Waals surface area contributed by atoms with Gasteiger partial charge < -0.3 is 14.2 Å². The number of hydrogen-bond acceptors (Lipinski definition) is 5. The molecule has 8 heteroatoms. The molecule has 0 saturated carbocycles. The predicted octanol–water partition coefficient (Wildman–Crippen LogP) is 4.06. The van der Waals surface area contributed by atoms with Crippen LogP contribution in [0.5, 0.6) is 5.75 Å². The van der Waals surface area contributed by atoms with Gasteiger partial charge >= 0.3 is 10.1 Å². The van der Waals surface area contributed by atoms with Crippen LogP contribution in [0.1, 0.15) is 22.8 Å². The largest absolute Gasteiger partial charge is 0.387 e. The van der Waals surface area contributed by atoms with Crippen LogP contribution < -0.4 is 4.18 Å². The third-order valence-electron chi connectivity index (χ3n) is 4.86. The molecule has 0 radical (unpaired) electrons. The summed E-state index contributed by atoms with van der Waals surface area (Å²) in [6.45, 7) is 2.23. The van der Waals surface area contributed by atoms with Crippen LogP contribution in [0, 0.1) is 6.92 Å². The van der Waals surface area contributed by atoms with Crippen molar-refractivity contribution in [2.24, 2.45) is 0 Å². The minimum absolute atomic E-state index is 0.0440. The van der Waals surface area contributed by atoms with Crippen LogP contribution >= 0.6 is 11.6 Å². The molecule has 0 aromatic heterocycles. The lowest BCUT2D eigenvalue weighted by atomic mass is 10.1. The summed E-state index contributed by atoms with van der Waals surface area (Å²) in [5.41, 5.74) is 2.38. The molecule has 1 atom stereocenters. The van der Waals surface area contributed by atoms with Crippen LogP contribution in [0.3, 0.4) is 0 Å². The fourth-order valence-corrected chi connectivity index (χ4v) is 4.18. The Hall–Kier alpha value is -2.87. The van der Waals surface area contributed by atoms with Crippen molar-refractivity contribution < 1.29 is 22.5 Å². The van der Waals surface area contributed by atoms with Gasteiger partial charge in [0.05, 0.1) is 12.6 Å². The van der Waals surface area contributed by atoms with Crippen molar-refractivity contribution in [2.45, 2.75) is 24.5 Å². The molecular weight excluding hydrogens is 450 g/mol. The number of benzene rings is 3. The summed E-state index contributed by atoms with van der Waals surface area (Å²) in [4.78, 5) is 13.8. The topological polar surface area (TPSA) is 83.9 Å². The van der Waals surface area contributed by atoms with Gasteiger partial charge in [0.2, 0.25) is 5.91 Å². The van der Waals surface area contributed by atoms with E-state index in [1.165, 1.54) is 29.2 Å². The van der Waals surface area contributed by atoms with E-state index in [-0.39, 0.29) is 29.0 Å². The normalized spacial score (nSPS) is 12.2. The lowest BCUT2D eigenvalue weighted by Crippen LogP contribution is -2.35. The first-order valence-corrected chi connectivity index (χ1v) is 11.9. The maximum Gasteiger partial charge on any atom is 0.339 e. The molecule has 0 unspecified atom stereocenters. The number of rotatable bonds is 9. The average Bonchev–Trinajstić information content (AvgIpc) is 2.79. The molecule has 0 aliphatic carbocycles. The van der Waals surface area contributed by atoms with E-state index in [9.17, 15) is 18.3 Å². The highest BCUT2D eigenvalue weighted by Crippen LogP contribution is 2.23. The van der Waals surface area contributed by atoms with E-state index in [0.717, 1.165) is 11.1 Å². The quantitative estimate of drug-likeness (QED) is 0.374. The van der Waals surface area contributed by atoms with Gasteiger partial charge in [-0.05, 0) is 42.3 Å². The minimum atomic E-state index is -3.96. The van der Waals surface area contributed by atoms with Gasteiger partial charge in [-0.15, -0.1) is 11.6 Å². The number of carbonyl (C=O) groups is 1. The highest BCUT2D eigenvalue weighted by Gasteiger charge is 2.20. The molecule has 168 valence electrons. The number of alkyl halides is 1. The highest BCUT2D eigenvalue weighted by atomic mass is 35.5. The first kappa shape index (κ1) is 23.8. The summed E-state index contributed by atoms with van der Waals surface area (Å²) in [6.07, 6.45) is -0.978.